The quantitative estimate of drug-likeness (QED) is 0.725. The maximum absolute atomic E-state index is 4.88. The molecule has 0 radical (unpaired) electrons. The van der Waals surface area contributed by atoms with Gasteiger partial charge in [0.15, 0.2) is 0 Å². The summed E-state index contributed by atoms with van der Waals surface area (Å²) >= 11 is 0. The molecule has 0 spiro atoms. The Morgan fingerprint density at radius 3 is 2.10 bits per heavy atom. The molecule has 3 rings (SSSR count). The molecular formula is C19H21N. The number of aliphatic imine (C=N–C) groups is 1. The fourth-order valence-electron chi connectivity index (χ4n) is 2.76. The third kappa shape index (κ3) is 2.07. The molecule has 0 bridgehead atoms. The third-order valence-corrected chi connectivity index (χ3v) is 3.95. The van der Waals surface area contributed by atoms with Gasteiger partial charge in [0.25, 0.3) is 0 Å². The first kappa shape index (κ1) is 13.1. The molecule has 0 saturated heterocycles. The second-order valence-corrected chi connectivity index (χ2v) is 6.13. The maximum Gasteiger partial charge on any atom is 0.0747 e. The van der Waals surface area contributed by atoms with E-state index in [1.165, 1.54) is 33.7 Å². The van der Waals surface area contributed by atoms with Gasteiger partial charge in [-0.25, -0.2) is 0 Å². The molecule has 0 N–H and O–H groups in total. The van der Waals surface area contributed by atoms with Crippen LogP contribution in [0.3, 0.4) is 0 Å². The van der Waals surface area contributed by atoms with E-state index in [2.05, 4.69) is 70.2 Å². The second-order valence-electron chi connectivity index (χ2n) is 6.13. The molecule has 1 aliphatic carbocycles. The highest BCUT2D eigenvalue weighted by atomic mass is 14.8. The molecule has 1 aromatic carbocycles. The molecule has 20 heavy (non-hydrogen) atoms. The first-order valence-electron chi connectivity index (χ1n) is 7.40. The SMILES string of the molecule is CC(C)C1=CC2=C(c3ccccc3)C=C(C(C)C)C2=N1. The minimum Gasteiger partial charge on any atom is -0.252 e. The van der Waals surface area contributed by atoms with Gasteiger partial charge in [0.1, 0.15) is 0 Å². The van der Waals surface area contributed by atoms with Crippen LogP contribution in [0.4, 0.5) is 0 Å². The average molecular weight is 263 g/mol. The molecule has 102 valence electrons. The lowest BCUT2D eigenvalue weighted by molar-refractivity contribution is 0.760. The zero-order valence-electron chi connectivity index (χ0n) is 12.6. The number of benzene rings is 1. The summed E-state index contributed by atoms with van der Waals surface area (Å²) in [5, 5.41) is 0. The molecule has 0 atom stereocenters. The van der Waals surface area contributed by atoms with Crippen LogP contribution in [-0.4, -0.2) is 5.71 Å². The number of fused-ring (bicyclic) bond motifs is 1. The van der Waals surface area contributed by atoms with Crippen LogP contribution < -0.4 is 0 Å². The van der Waals surface area contributed by atoms with Crippen LogP contribution in [0.1, 0.15) is 33.3 Å². The van der Waals surface area contributed by atoms with Crippen LogP contribution in [0.2, 0.25) is 0 Å². The summed E-state index contributed by atoms with van der Waals surface area (Å²) < 4.78 is 0. The summed E-state index contributed by atoms with van der Waals surface area (Å²) in [5.74, 6) is 0.982. The van der Waals surface area contributed by atoms with E-state index in [9.17, 15) is 0 Å². The number of allylic oxidation sites excluding steroid dienone is 6. The van der Waals surface area contributed by atoms with Gasteiger partial charge in [-0.2, -0.15) is 0 Å². The fraction of sp³-hybridized carbons (Fsp3) is 0.316. The first-order chi connectivity index (χ1) is 9.58. The van der Waals surface area contributed by atoms with Crippen LogP contribution >= 0.6 is 0 Å². The van der Waals surface area contributed by atoms with Gasteiger partial charge < -0.3 is 0 Å². The zero-order valence-corrected chi connectivity index (χ0v) is 12.6. The summed E-state index contributed by atoms with van der Waals surface area (Å²) in [4.78, 5) is 4.88. The lowest BCUT2D eigenvalue weighted by Gasteiger charge is -2.07. The molecule has 0 saturated carbocycles. The molecule has 0 amide bonds. The van der Waals surface area contributed by atoms with Crippen molar-refractivity contribution in [1.82, 2.24) is 0 Å². The summed E-state index contributed by atoms with van der Waals surface area (Å²) in [7, 11) is 0. The topological polar surface area (TPSA) is 12.4 Å². The number of rotatable bonds is 3. The molecular weight excluding hydrogens is 242 g/mol. The van der Waals surface area contributed by atoms with Gasteiger partial charge in [0.2, 0.25) is 0 Å². The Hall–Kier alpha value is -1.89. The fourth-order valence-corrected chi connectivity index (χ4v) is 2.76. The van der Waals surface area contributed by atoms with Gasteiger partial charge in [-0.05, 0) is 40.7 Å². The normalized spacial score (nSPS) is 17.6. The Bertz CT molecular complexity index is 652. The van der Waals surface area contributed by atoms with E-state index in [0.29, 0.717) is 11.8 Å². The van der Waals surface area contributed by atoms with Gasteiger partial charge in [0.05, 0.1) is 5.71 Å². The third-order valence-electron chi connectivity index (χ3n) is 3.95. The van der Waals surface area contributed by atoms with E-state index in [1.807, 2.05) is 0 Å². The lowest BCUT2D eigenvalue weighted by Crippen LogP contribution is -2.04. The molecule has 2 aliphatic rings. The van der Waals surface area contributed by atoms with Gasteiger partial charge in [-0.15, -0.1) is 0 Å². The van der Waals surface area contributed by atoms with Gasteiger partial charge in [-0.3, -0.25) is 4.99 Å². The van der Waals surface area contributed by atoms with E-state index >= 15 is 0 Å². The summed E-state index contributed by atoms with van der Waals surface area (Å²) in [6.07, 6.45) is 4.59. The van der Waals surface area contributed by atoms with Crippen molar-refractivity contribution in [2.24, 2.45) is 16.8 Å². The minimum atomic E-state index is 0.478. The average Bonchev–Trinajstić information content (AvgIpc) is 2.97. The smallest absolute Gasteiger partial charge is 0.0747 e. The molecule has 1 heterocycles. The van der Waals surface area contributed by atoms with Crippen molar-refractivity contribution in [2.75, 3.05) is 0 Å². The zero-order chi connectivity index (χ0) is 14.3. The first-order valence-corrected chi connectivity index (χ1v) is 7.40. The molecule has 1 heteroatoms. The minimum absolute atomic E-state index is 0.478. The molecule has 0 unspecified atom stereocenters. The van der Waals surface area contributed by atoms with Crippen LogP contribution in [-0.2, 0) is 0 Å². The highest BCUT2D eigenvalue weighted by Crippen LogP contribution is 2.39. The standard InChI is InChI=1S/C19H21N/c1-12(2)15-10-16(14-8-6-5-7-9-14)17-11-18(13(3)4)20-19(15)17/h5-13H,1-4H3. The van der Waals surface area contributed by atoms with E-state index in [-0.39, 0.29) is 0 Å². The van der Waals surface area contributed by atoms with Gasteiger partial charge >= 0.3 is 0 Å². The second kappa shape index (κ2) is 4.90. The monoisotopic (exact) mass is 263 g/mol. The predicted octanol–water partition coefficient (Wildman–Crippen LogP) is 5.03. The molecule has 0 fully saturated rings. The molecule has 1 aliphatic heterocycles. The Morgan fingerprint density at radius 2 is 1.50 bits per heavy atom. The van der Waals surface area contributed by atoms with Crippen molar-refractivity contribution in [3.8, 4) is 0 Å². The molecule has 1 aromatic rings. The number of hydrogen-bond acceptors (Lipinski definition) is 1. The maximum atomic E-state index is 4.88. The molecule has 0 aromatic heterocycles. The van der Waals surface area contributed by atoms with E-state index in [0.717, 1.165) is 0 Å². The number of nitrogens with zero attached hydrogens (tertiary/aromatic N) is 1. The van der Waals surface area contributed by atoms with Crippen molar-refractivity contribution in [2.45, 2.75) is 27.7 Å². The van der Waals surface area contributed by atoms with Crippen molar-refractivity contribution < 1.29 is 0 Å². The van der Waals surface area contributed by atoms with Crippen LogP contribution in [0.5, 0.6) is 0 Å². The van der Waals surface area contributed by atoms with E-state index in [4.69, 9.17) is 4.99 Å². The predicted molar refractivity (Wildman–Crippen MR) is 86.6 cm³/mol. The van der Waals surface area contributed by atoms with Crippen molar-refractivity contribution in [3.63, 3.8) is 0 Å². The summed E-state index contributed by atoms with van der Waals surface area (Å²) in [6, 6.07) is 10.6. The van der Waals surface area contributed by atoms with Gasteiger partial charge in [-0.1, -0.05) is 58.0 Å². The van der Waals surface area contributed by atoms with Crippen LogP contribution in [0.15, 0.2) is 64.3 Å². The van der Waals surface area contributed by atoms with E-state index in [1.54, 1.807) is 0 Å². The Labute approximate surface area is 121 Å². The van der Waals surface area contributed by atoms with Crippen molar-refractivity contribution in [3.05, 3.63) is 64.9 Å². The molecule has 1 nitrogen and oxygen atoms in total. The Balaban J connectivity index is 2.14. The summed E-state index contributed by atoms with van der Waals surface area (Å²) in [6.45, 7) is 8.90. The number of hydrogen-bond donors (Lipinski definition) is 0. The largest absolute Gasteiger partial charge is 0.252 e. The summed E-state index contributed by atoms with van der Waals surface area (Å²) in [5.41, 5.74) is 7.68. The Morgan fingerprint density at radius 1 is 0.800 bits per heavy atom. The van der Waals surface area contributed by atoms with Crippen molar-refractivity contribution >= 4 is 11.3 Å². The highest BCUT2D eigenvalue weighted by Gasteiger charge is 2.29. The van der Waals surface area contributed by atoms with Crippen LogP contribution in [0, 0.1) is 11.8 Å². The van der Waals surface area contributed by atoms with Crippen molar-refractivity contribution in [1.29, 1.82) is 0 Å². The van der Waals surface area contributed by atoms with Gasteiger partial charge in [0, 0.05) is 11.3 Å². The van der Waals surface area contributed by atoms with Crippen LogP contribution in [0.25, 0.3) is 5.57 Å². The Kier molecular flexibility index (Phi) is 3.21. The highest BCUT2D eigenvalue weighted by molar-refractivity contribution is 6.26. The lowest BCUT2D eigenvalue weighted by atomic mass is 9.99. The van der Waals surface area contributed by atoms with E-state index < -0.39 is 0 Å².